The van der Waals surface area contributed by atoms with Gasteiger partial charge >= 0.3 is 6.18 Å². The molecule has 1 aromatic carbocycles. The molecule has 1 atom stereocenters. The van der Waals surface area contributed by atoms with Gasteiger partial charge in [0.1, 0.15) is 0 Å². The van der Waals surface area contributed by atoms with Crippen LogP contribution >= 0.6 is 0 Å². The number of halogens is 3. The molecule has 0 aromatic heterocycles. The minimum atomic E-state index is -4.34. The molecule has 0 aliphatic heterocycles. The van der Waals surface area contributed by atoms with Gasteiger partial charge in [-0.25, -0.2) is 0 Å². The molecular weight excluding hydrogens is 231 g/mol. The van der Waals surface area contributed by atoms with Crippen molar-refractivity contribution in [3.8, 4) is 0 Å². The molecule has 0 saturated heterocycles. The van der Waals surface area contributed by atoms with Crippen LogP contribution in [0.2, 0.25) is 0 Å². The predicted octanol–water partition coefficient (Wildman–Crippen LogP) is 2.72. The number of alkyl halides is 3. The summed E-state index contributed by atoms with van der Waals surface area (Å²) in [5, 5.41) is 9.15. The van der Waals surface area contributed by atoms with Gasteiger partial charge < -0.3 is 10.8 Å². The van der Waals surface area contributed by atoms with E-state index in [1.807, 2.05) is 0 Å². The van der Waals surface area contributed by atoms with E-state index in [9.17, 15) is 13.2 Å². The summed E-state index contributed by atoms with van der Waals surface area (Å²) < 4.78 is 37.0. The molecule has 96 valence electrons. The summed E-state index contributed by atoms with van der Waals surface area (Å²) in [5.74, 6) is 0. The first-order chi connectivity index (χ1) is 7.68. The number of rotatable bonds is 3. The minimum Gasteiger partial charge on any atom is -0.396 e. The average molecular weight is 247 g/mol. The van der Waals surface area contributed by atoms with Crippen molar-refractivity contribution in [2.45, 2.75) is 26.1 Å². The van der Waals surface area contributed by atoms with Crippen molar-refractivity contribution >= 4 is 0 Å². The van der Waals surface area contributed by atoms with Crippen molar-refractivity contribution < 1.29 is 18.3 Å². The fourth-order valence-electron chi connectivity index (χ4n) is 1.43. The third-order valence-corrected chi connectivity index (χ3v) is 2.85. The zero-order chi connectivity index (χ0) is 13.3. The normalized spacial score (nSPS) is 14.8. The Kier molecular flexibility index (Phi) is 3.84. The van der Waals surface area contributed by atoms with E-state index in [0.717, 1.165) is 12.1 Å². The Morgan fingerprint density at radius 3 is 2.00 bits per heavy atom. The second-order valence-corrected chi connectivity index (χ2v) is 4.74. The van der Waals surface area contributed by atoms with E-state index >= 15 is 0 Å². The molecule has 3 N–H and O–H groups in total. The molecule has 0 fully saturated rings. The van der Waals surface area contributed by atoms with E-state index in [2.05, 4.69) is 0 Å². The van der Waals surface area contributed by atoms with Gasteiger partial charge in [-0.15, -0.1) is 0 Å². The third kappa shape index (κ3) is 3.20. The maximum Gasteiger partial charge on any atom is 0.416 e. The first kappa shape index (κ1) is 14.0. The zero-order valence-corrected chi connectivity index (χ0v) is 9.75. The summed E-state index contributed by atoms with van der Waals surface area (Å²) in [6, 6.07) is 4.20. The van der Waals surface area contributed by atoms with Gasteiger partial charge in [0.15, 0.2) is 0 Å². The number of nitrogens with two attached hydrogens (primary N) is 1. The fourth-order valence-corrected chi connectivity index (χ4v) is 1.43. The monoisotopic (exact) mass is 247 g/mol. The largest absolute Gasteiger partial charge is 0.416 e. The van der Waals surface area contributed by atoms with Crippen LogP contribution in [-0.2, 0) is 6.18 Å². The lowest BCUT2D eigenvalue weighted by Gasteiger charge is -2.29. The van der Waals surface area contributed by atoms with Crippen molar-refractivity contribution in [1.82, 2.24) is 0 Å². The molecule has 1 rings (SSSR count). The Morgan fingerprint density at radius 1 is 1.18 bits per heavy atom. The Labute approximate surface area is 98.3 Å². The predicted molar refractivity (Wildman–Crippen MR) is 59.2 cm³/mol. The van der Waals surface area contributed by atoms with Crippen LogP contribution in [0.15, 0.2) is 24.3 Å². The van der Waals surface area contributed by atoms with Gasteiger partial charge in [-0.1, -0.05) is 26.0 Å². The highest BCUT2D eigenvalue weighted by Gasteiger charge is 2.31. The summed E-state index contributed by atoms with van der Waals surface area (Å²) in [7, 11) is 0. The molecule has 0 aliphatic carbocycles. The number of benzene rings is 1. The number of aliphatic hydroxyl groups is 1. The molecule has 0 spiro atoms. The van der Waals surface area contributed by atoms with Gasteiger partial charge in [0.2, 0.25) is 0 Å². The van der Waals surface area contributed by atoms with Crippen molar-refractivity contribution in [3.05, 3.63) is 35.4 Å². The van der Waals surface area contributed by atoms with Crippen LogP contribution in [0, 0.1) is 5.41 Å². The molecule has 0 amide bonds. The quantitative estimate of drug-likeness (QED) is 0.862. The number of hydrogen-bond acceptors (Lipinski definition) is 2. The third-order valence-electron chi connectivity index (χ3n) is 2.85. The van der Waals surface area contributed by atoms with Gasteiger partial charge in [0.05, 0.1) is 5.56 Å². The highest BCUT2D eigenvalue weighted by atomic mass is 19.4. The molecule has 1 aromatic rings. The Bertz CT molecular complexity index is 370. The van der Waals surface area contributed by atoms with E-state index < -0.39 is 23.2 Å². The molecule has 0 saturated carbocycles. The fraction of sp³-hybridized carbons (Fsp3) is 0.500. The number of aliphatic hydroxyl groups excluding tert-OH is 1. The smallest absolute Gasteiger partial charge is 0.396 e. The van der Waals surface area contributed by atoms with Crippen LogP contribution in [-0.4, -0.2) is 11.7 Å². The molecule has 0 aliphatic rings. The SMILES string of the molecule is CC(C)(CO)[C@H](N)c1ccc(C(F)(F)F)cc1. The van der Waals surface area contributed by atoms with Gasteiger partial charge in [-0.3, -0.25) is 0 Å². The van der Waals surface area contributed by atoms with Gasteiger partial charge in [-0.05, 0) is 17.7 Å². The van der Waals surface area contributed by atoms with Crippen LogP contribution in [0.4, 0.5) is 13.2 Å². The molecule has 0 heterocycles. The van der Waals surface area contributed by atoms with Crippen LogP contribution in [0.25, 0.3) is 0 Å². The molecule has 2 nitrogen and oxygen atoms in total. The van der Waals surface area contributed by atoms with Gasteiger partial charge in [-0.2, -0.15) is 13.2 Å². The zero-order valence-electron chi connectivity index (χ0n) is 9.75. The summed E-state index contributed by atoms with van der Waals surface area (Å²) >= 11 is 0. The molecule has 5 heteroatoms. The average Bonchev–Trinajstić information content (AvgIpc) is 2.27. The van der Waals surface area contributed by atoms with E-state index in [4.69, 9.17) is 10.8 Å². The summed E-state index contributed by atoms with van der Waals surface area (Å²) in [4.78, 5) is 0. The molecule has 0 unspecified atom stereocenters. The van der Waals surface area contributed by atoms with E-state index in [1.165, 1.54) is 12.1 Å². The van der Waals surface area contributed by atoms with Gasteiger partial charge in [0.25, 0.3) is 0 Å². The maximum atomic E-state index is 12.3. The van der Waals surface area contributed by atoms with E-state index in [1.54, 1.807) is 13.8 Å². The van der Waals surface area contributed by atoms with Crippen molar-refractivity contribution in [2.75, 3.05) is 6.61 Å². The summed E-state index contributed by atoms with van der Waals surface area (Å²) in [6.07, 6.45) is -4.34. The highest BCUT2D eigenvalue weighted by molar-refractivity contribution is 5.27. The standard InChI is InChI=1S/C12H16F3NO/c1-11(2,7-17)10(16)8-3-5-9(6-4-8)12(13,14)15/h3-6,10,17H,7,16H2,1-2H3/t10-/m1/s1. The van der Waals surface area contributed by atoms with Crippen molar-refractivity contribution in [2.24, 2.45) is 11.1 Å². The topological polar surface area (TPSA) is 46.2 Å². The van der Waals surface area contributed by atoms with E-state index in [0.29, 0.717) is 5.56 Å². The Morgan fingerprint density at radius 2 is 1.65 bits per heavy atom. The van der Waals surface area contributed by atoms with Crippen molar-refractivity contribution in [1.29, 1.82) is 0 Å². The lowest BCUT2D eigenvalue weighted by molar-refractivity contribution is -0.137. The van der Waals surface area contributed by atoms with Crippen LogP contribution < -0.4 is 5.73 Å². The van der Waals surface area contributed by atoms with Crippen LogP contribution in [0.1, 0.15) is 31.0 Å². The molecule has 17 heavy (non-hydrogen) atoms. The minimum absolute atomic E-state index is 0.130. The Hall–Kier alpha value is -1.07. The first-order valence-corrected chi connectivity index (χ1v) is 5.22. The first-order valence-electron chi connectivity index (χ1n) is 5.22. The van der Waals surface area contributed by atoms with E-state index in [-0.39, 0.29) is 6.61 Å². The van der Waals surface area contributed by atoms with Crippen LogP contribution in [0.3, 0.4) is 0 Å². The molecular formula is C12H16F3NO. The highest BCUT2D eigenvalue weighted by Crippen LogP contribution is 2.33. The molecule has 0 bridgehead atoms. The Balaban J connectivity index is 2.96. The summed E-state index contributed by atoms with van der Waals surface area (Å²) in [5.41, 5.74) is 5.21. The second kappa shape index (κ2) is 4.66. The lowest BCUT2D eigenvalue weighted by atomic mass is 9.81. The number of hydrogen-bond donors (Lipinski definition) is 2. The summed E-state index contributed by atoms with van der Waals surface area (Å²) in [6.45, 7) is 3.39. The maximum absolute atomic E-state index is 12.3. The van der Waals surface area contributed by atoms with Crippen molar-refractivity contribution in [3.63, 3.8) is 0 Å². The molecule has 0 radical (unpaired) electrons. The van der Waals surface area contributed by atoms with Gasteiger partial charge in [0, 0.05) is 18.1 Å². The lowest BCUT2D eigenvalue weighted by Crippen LogP contribution is -2.32. The second-order valence-electron chi connectivity index (χ2n) is 4.74. The van der Waals surface area contributed by atoms with Crippen LogP contribution in [0.5, 0.6) is 0 Å².